The molecule has 0 N–H and O–H groups in total. The summed E-state index contributed by atoms with van der Waals surface area (Å²) in [6.07, 6.45) is 4.41. The third kappa shape index (κ3) is 4.75. The van der Waals surface area contributed by atoms with Gasteiger partial charge in [-0.3, -0.25) is 0 Å². The van der Waals surface area contributed by atoms with Gasteiger partial charge in [-0.1, -0.05) is 30.3 Å². The highest BCUT2D eigenvalue weighted by Crippen LogP contribution is 2.21. The molecule has 2 rings (SSSR count). The monoisotopic (exact) mass is 293 g/mol. The summed E-state index contributed by atoms with van der Waals surface area (Å²) in [6, 6.07) is 9.81. The number of hydrogen-bond acceptors (Lipinski definition) is 3. The zero-order valence-electron chi connectivity index (χ0n) is 11.8. The van der Waals surface area contributed by atoms with Gasteiger partial charge in [0.05, 0.1) is 0 Å². The quantitative estimate of drug-likeness (QED) is 0.838. The standard InChI is InChI=1S/C16H23NO2S/c18-16(19-13-15-6-2-1-3-7-15)17-10-4-8-14(12-17)9-5-11-20/h1-3,6-7,14,20H,4-5,8-13H2/t14-/m0/s1. The van der Waals surface area contributed by atoms with Gasteiger partial charge in [-0.15, -0.1) is 0 Å². The Labute approximate surface area is 126 Å². The van der Waals surface area contributed by atoms with Crippen LogP contribution in [0.3, 0.4) is 0 Å². The van der Waals surface area contributed by atoms with Crippen molar-refractivity contribution in [3.05, 3.63) is 35.9 Å². The van der Waals surface area contributed by atoms with Gasteiger partial charge >= 0.3 is 6.09 Å². The molecule has 4 heteroatoms. The number of nitrogens with zero attached hydrogens (tertiary/aromatic N) is 1. The molecular weight excluding hydrogens is 270 g/mol. The maximum Gasteiger partial charge on any atom is 0.410 e. The average Bonchev–Trinajstić information content (AvgIpc) is 2.52. The Morgan fingerprint density at radius 1 is 1.35 bits per heavy atom. The van der Waals surface area contributed by atoms with Crippen LogP contribution in [0.15, 0.2) is 30.3 Å². The summed E-state index contributed by atoms with van der Waals surface area (Å²) in [5.41, 5.74) is 1.03. The van der Waals surface area contributed by atoms with Gasteiger partial charge in [0.25, 0.3) is 0 Å². The van der Waals surface area contributed by atoms with Crippen LogP contribution in [0.4, 0.5) is 4.79 Å². The zero-order valence-corrected chi connectivity index (χ0v) is 12.7. The summed E-state index contributed by atoms with van der Waals surface area (Å²) >= 11 is 4.25. The molecule has 0 unspecified atom stereocenters. The van der Waals surface area contributed by atoms with Crippen molar-refractivity contribution in [2.75, 3.05) is 18.8 Å². The van der Waals surface area contributed by atoms with Crippen molar-refractivity contribution in [1.29, 1.82) is 0 Å². The minimum absolute atomic E-state index is 0.176. The number of carbonyl (C=O) groups is 1. The molecule has 1 aliphatic rings. The number of amides is 1. The lowest BCUT2D eigenvalue weighted by Gasteiger charge is -2.32. The third-order valence-electron chi connectivity index (χ3n) is 3.75. The van der Waals surface area contributed by atoms with Crippen molar-refractivity contribution >= 4 is 18.7 Å². The Bertz CT molecular complexity index is 410. The van der Waals surface area contributed by atoms with E-state index in [0.717, 1.165) is 43.7 Å². The van der Waals surface area contributed by atoms with Gasteiger partial charge in [-0.05, 0) is 42.9 Å². The van der Waals surface area contributed by atoms with E-state index in [-0.39, 0.29) is 6.09 Å². The molecule has 0 saturated carbocycles. The molecule has 0 aromatic heterocycles. The lowest BCUT2D eigenvalue weighted by Crippen LogP contribution is -2.40. The molecule has 1 aromatic rings. The van der Waals surface area contributed by atoms with Crippen LogP contribution >= 0.6 is 12.6 Å². The molecule has 0 bridgehead atoms. The molecule has 1 heterocycles. The molecular formula is C16H23NO2S. The van der Waals surface area contributed by atoms with Gasteiger partial charge in [-0.2, -0.15) is 12.6 Å². The molecule has 0 spiro atoms. The molecule has 20 heavy (non-hydrogen) atoms. The Morgan fingerprint density at radius 2 is 2.15 bits per heavy atom. The van der Waals surface area contributed by atoms with Gasteiger partial charge < -0.3 is 9.64 Å². The van der Waals surface area contributed by atoms with Crippen LogP contribution in [-0.2, 0) is 11.3 Å². The Kier molecular flexibility index (Phi) is 6.25. The Hall–Kier alpha value is -1.16. The van der Waals surface area contributed by atoms with Crippen molar-refractivity contribution in [3.63, 3.8) is 0 Å². The highest BCUT2D eigenvalue weighted by Gasteiger charge is 2.24. The molecule has 1 atom stereocenters. The maximum absolute atomic E-state index is 12.1. The zero-order chi connectivity index (χ0) is 14.2. The van der Waals surface area contributed by atoms with E-state index in [0.29, 0.717) is 12.5 Å². The van der Waals surface area contributed by atoms with E-state index >= 15 is 0 Å². The molecule has 1 amide bonds. The first-order valence-electron chi connectivity index (χ1n) is 7.36. The van der Waals surface area contributed by atoms with Gasteiger partial charge in [-0.25, -0.2) is 4.79 Å². The van der Waals surface area contributed by atoms with Crippen LogP contribution < -0.4 is 0 Å². The fourth-order valence-corrected chi connectivity index (χ4v) is 2.84. The van der Waals surface area contributed by atoms with Crippen molar-refractivity contribution in [2.45, 2.75) is 32.3 Å². The van der Waals surface area contributed by atoms with Crippen LogP contribution in [-0.4, -0.2) is 29.8 Å². The number of benzene rings is 1. The minimum Gasteiger partial charge on any atom is -0.445 e. The molecule has 1 fully saturated rings. The van der Waals surface area contributed by atoms with E-state index in [9.17, 15) is 4.79 Å². The number of thiol groups is 1. The fraction of sp³-hybridized carbons (Fsp3) is 0.562. The SMILES string of the molecule is O=C(OCc1ccccc1)N1CCC[C@@H](CCCS)C1. The van der Waals surface area contributed by atoms with Crippen LogP contribution in [0.5, 0.6) is 0 Å². The van der Waals surface area contributed by atoms with Crippen molar-refractivity contribution in [1.82, 2.24) is 4.90 Å². The maximum atomic E-state index is 12.1. The predicted octanol–water partition coefficient (Wildman–Crippen LogP) is 3.75. The number of likely N-dealkylation sites (tertiary alicyclic amines) is 1. The largest absolute Gasteiger partial charge is 0.445 e. The predicted molar refractivity (Wildman–Crippen MR) is 84.0 cm³/mol. The fourth-order valence-electron chi connectivity index (χ4n) is 2.66. The normalized spacial score (nSPS) is 18.9. The van der Waals surface area contributed by atoms with E-state index in [2.05, 4.69) is 12.6 Å². The summed E-state index contributed by atoms with van der Waals surface area (Å²) in [5, 5.41) is 0. The summed E-state index contributed by atoms with van der Waals surface area (Å²) < 4.78 is 5.39. The Morgan fingerprint density at radius 3 is 2.90 bits per heavy atom. The highest BCUT2D eigenvalue weighted by molar-refractivity contribution is 7.80. The number of ether oxygens (including phenoxy) is 1. The van der Waals surface area contributed by atoms with Crippen LogP contribution in [0, 0.1) is 5.92 Å². The molecule has 1 aliphatic heterocycles. The smallest absolute Gasteiger partial charge is 0.410 e. The summed E-state index contributed by atoms with van der Waals surface area (Å²) in [4.78, 5) is 13.9. The highest BCUT2D eigenvalue weighted by atomic mass is 32.1. The molecule has 110 valence electrons. The first-order chi connectivity index (χ1) is 9.79. The minimum atomic E-state index is -0.176. The van der Waals surface area contributed by atoms with Crippen LogP contribution in [0.2, 0.25) is 0 Å². The summed E-state index contributed by atoms with van der Waals surface area (Å²) in [6.45, 7) is 2.02. The molecule has 0 aliphatic carbocycles. The van der Waals surface area contributed by atoms with Crippen LogP contribution in [0.1, 0.15) is 31.2 Å². The second-order valence-corrected chi connectivity index (χ2v) is 5.81. The number of hydrogen-bond donors (Lipinski definition) is 1. The molecule has 1 saturated heterocycles. The van der Waals surface area contributed by atoms with Crippen molar-refractivity contribution in [3.8, 4) is 0 Å². The molecule has 1 aromatic carbocycles. The van der Waals surface area contributed by atoms with E-state index in [1.54, 1.807) is 0 Å². The first-order valence-corrected chi connectivity index (χ1v) is 7.99. The molecule has 3 nitrogen and oxygen atoms in total. The van der Waals surface area contributed by atoms with Crippen LogP contribution in [0.25, 0.3) is 0 Å². The second kappa shape index (κ2) is 8.20. The summed E-state index contributed by atoms with van der Waals surface area (Å²) in [7, 11) is 0. The van der Waals surface area contributed by atoms with Crippen molar-refractivity contribution in [2.24, 2.45) is 5.92 Å². The second-order valence-electron chi connectivity index (χ2n) is 5.36. The van der Waals surface area contributed by atoms with Gasteiger partial charge in [0.15, 0.2) is 0 Å². The van der Waals surface area contributed by atoms with E-state index < -0.39 is 0 Å². The average molecular weight is 293 g/mol. The first kappa shape index (κ1) is 15.2. The van der Waals surface area contributed by atoms with E-state index in [4.69, 9.17) is 4.74 Å². The summed E-state index contributed by atoms with van der Waals surface area (Å²) in [5.74, 6) is 1.54. The third-order valence-corrected chi connectivity index (χ3v) is 4.07. The Balaban J connectivity index is 1.77. The van der Waals surface area contributed by atoms with Gasteiger partial charge in [0.2, 0.25) is 0 Å². The van der Waals surface area contributed by atoms with Gasteiger partial charge in [0.1, 0.15) is 6.61 Å². The lowest BCUT2D eigenvalue weighted by molar-refractivity contribution is 0.0779. The lowest BCUT2D eigenvalue weighted by atomic mass is 9.94. The number of carbonyl (C=O) groups excluding carboxylic acids is 1. The number of piperidine rings is 1. The molecule has 0 radical (unpaired) electrons. The number of rotatable bonds is 5. The van der Waals surface area contributed by atoms with E-state index in [1.165, 1.54) is 6.42 Å². The van der Waals surface area contributed by atoms with Crippen molar-refractivity contribution < 1.29 is 9.53 Å². The van der Waals surface area contributed by atoms with Gasteiger partial charge in [0, 0.05) is 13.1 Å². The van der Waals surface area contributed by atoms with E-state index in [1.807, 2.05) is 35.2 Å². The topological polar surface area (TPSA) is 29.5 Å².